The molecule has 0 unspecified atom stereocenters. The van der Waals surface area contributed by atoms with Crippen LogP contribution in [0.2, 0.25) is 0 Å². The number of methoxy groups -OCH3 is 1. The van der Waals surface area contributed by atoms with Crippen LogP contribution in [-0.2, 0) is 5.60 Å². The lowest BCUT2D eigenvalue weighted by atomic mass is 10.1. The van der Waals surface area contributed by atoms with Crippen molar-refractivity contribution in [1.82, 2.24) is 0 Å². The maximum Gasteiger partial charge on any atom is 0.142 e. The van der Waals surface area contributed by atoms with Gasteiger partial charge in [0.25, 0.3) is 0 Å². The van der Waals surface area contributed by atoms with Crippen molar-refractivity contribution < 1.29 is 14.9 Å². The van der Waals surface area contributed by atoms with E-state index in [2.05, 4.69) is 15.9 Å². The zero-order valence-corrected chi connectivity index (χ0v) is 9.34. The molecule has 1 aliphatic rings. The minimum Gasteiger partial charge on any atom is -0.507 e. The van der Waals surface area contributed by atoms with E-state index in [1.54, 1.807) is 12.1 Å². The average molecular weight is 259 g/mol. The molecule has 76 valence electrons. The van der Waals surface area contributed by atoms with E-state index in [1.165, 1.54) is 7.11 Å². The van der Waals surface area contributed by atoms with Gasteiger partial charge in [0.1, 0.15) is 16.0 Å². The first-order chi connectivity index (χ1) is 6.58. The van der Waals surface area contributed by atoms with Crippen LogP contribution in [0.1, 0.15) is 18.4 Å². The van der Waals surface area contributed by atoms with Gasteiger partial charge in [0, 0.05) is 5.56 Å². The Kier molecular flexibility index (Phi) is 2.20. The highest BCUT2D eigenvalue weighted by atomic mass is 79.9. The fourth-order valence-corrected chi connectivity index (χ4v) is 2.01. The van der Waals surface area contributed by atoms with Crippen LogP contribution in [0.5, 0.6) is 11.5 Å². The van der Waals surface area contributed by atoms with Gasteiger partial charge in [-0.1, -0.05) is 0 Å². The Hall–Kier alpha value is -0.740. The van der Waals surface area contributed by atoms with Crippen molar-refractivity contribution in [2.24, 2.45) is 0 Å². The quantitative estimate of drug-likeness (QED) is 0.855. The molecule has 4 heteroatoms. The molecule has 0 radical (unpaired) electrons. The molecule has 0 aliphatic heterocycles. The van der Waals surface area contributed by atoms with Crippen molar-refractivity contribution >= 4 is 15.9 Å². The SMILES string of the molecule is COc1c(C2(O)CC2)ccc(O)c1Br. The molecular weight excluding hydrogens is 248 g/mol. The van der Waals surface area contributed by atoms with Gasteiger partial charge in [-0.25, -0.2) is 0 Å². The minimum absolute atomic E-state index is 0.120. The van der Waals surface area contributed by atoms with Crippen molar-refractivity contribution in [3.8, 4) is 11.5 Å². The summed E-state index contributed by atoms with van der Waals surface area (Å²) in [6.07, 6.45) is 1.50. The highest BCUT2D eigenvalue weighted by Crippen LogP contribution is 2.51. The number of aliphatic hydroxyl groups is 1. The number of hydrogen-bond acceptors (Lipinski definition) is 3. The number of aromatic hydroxyl groups is 1. The fourth-order valence-electron chi connectivity index (χ4n) is 1.50. The van der Waals surface area contributed by atoms with Gasteiger partial charge in [-0.05, 0) is 40.9 Å². The summed E-state index contributed by atoms with van der Waals surface area (Å²) in [5.74, 6) is 0.639. The van der Waals surface area contributed by atoms with Gasteiger partial charge in [0.05, 0.1) is 12.7 Å². The van der Waals surface area contributed by atoms with Crippen LogP contribution in [0.4, 0.5) is 0 Å². The molecule has 0 heterocycles. The largest absolute Gasteiger partial charge is 0.507 e. The van der Waals surface area contributed by atoms with Gasteiger partial charge in [-0.3, -0.25) is 0 Å². The molecule has 1 aromatic rings. The van der Waals surface area contributed by atoms with E-state index in [0.717, 1.165) is 18.4 Å². The monoisotopic (exact) mass is 258 g/mol. The molecule has 0 aromatic heterocycles. The number of phenolic OH excluding ortho intramolecular Hbond substituents is 1. The molecule has 0 amide bonds. The Bertz CT molecular complexity index is 372. The summed E-state index contributed by atoms with van der Waals surface area (Å²) < 4.78 is 5.65. The van der Waals surface area contributed by atoms with Crippen LogP contribution in [0.15, 0.2) is 16.6 Å². The number of rotatable bonds is 2. The number of ether oxygens (including phenoxy) is 1. The molecule has 0 spiro atoms. The standard InChI is InChI=1S/C10H11BrO3/c1-14-9-6(10(13)4-5-10)2-3-7(12)8(9)11/h2-3,12-13H,4-5H2,1H3. The van der Waals surface area contributed by atoms with Crippen LogP contribution in [-0.4, -0.2) is 17.3 Å². The summed E-state index contributed by atoms with van der Waals surface area (Å²) in [5.41, 5.74) is -0.00801. The number of halogens is 1. The summed E-state index contributed by atoms with van der Waals surface area (Å²) in [4.78, 5) is 0. The maximum atomic E-state index is 9.94. The lowest BCUT2D eigenvalue weighted by molar-refractivity contribution is 0.147. The van der Waals surface area contributed by atoms with E-state index in [4.69, 9.17) is 4.74 Å². The molecular formula is C10H11BrO3. The van der Waals surface area contributed by atoms with Crippen molar-refractivity contribution in [1.29, 1.82) is 0 Å². The predicted molar refractivity (Wildman–Crippen MR) is 55.5 cm³/mol. The van der Waals surface area contributed by atoms with Crippen molar-refractivity contribution in [2.45, 2.75) is 18.4 Å². The molecule has 0 atom stereocenters. The Labute approximate surface area is 90.5 Å². The van der Waals surface area contributed by atoms with E-state index in [1.807, 2.05) is 0 Å². The third kappa shape index (κ3) is 1.38. The van der Waals surface area contributed by atoms with Gasteiger partial charge in [0.15, 0.2) is 0 Å². The molecule has 1 aliphatic carbocycles. The van der Waals surface area contributed by atoms with Gasteiger partial charge in [0.2, 0.25) is 0 Å². The first-order valence-corrected chi connectivity index (χ1v) is 5.16. The van der Waals surface area contributed by atoms with Gasteiger partial charge < -0.3 is 14.9 Å². The predicted octanol–water partition coefficient (Wildman–Crippen LogP) is 2.14. The van der Waals surface area contributed by atoms with E-state index in [9.17, 15) is 10.2 Å². The van der Waals surface area contributed by atoms with E-state index < -0.39 is 5.60 Å². The molecule has 1 fully saturated rings. The van der Waals surface area contributed by atoms with Crippen LogP contribution in [0.25, 0.3) is 0 Å². The third-order valence-corrected chi connectivity index (χ3v) is 3.27. The van der Waals surface area contributed by atoms with Crippen LogP contribution < -0.4 is 4.74 Å². The summed E-state index contributed by atoms with van der Waals surface area (Å²) in [6.45, 7) is 0. The summed E-state index contributed by atoms with van der Waals surface area (Å²) in [5, 5.41) is 19.4. The first-order valence-electron chi connectivity index (χ1n) is 4.37. The topological polar surface area (TPSA) is 49.7 Å². The Morgan fingerprint density at radius 2 is 2.07 bits per heavy atom. The van der Waals surface area contributed by atoms with Gasteiger partial charge in [-0.2, -0.15) is 0 Å². The average Bonchev–Trinajstić information content (AvgIpc) is 2.89. The smallest absolute Gasteiger partial charge is 0.142 e. The molecule has 0 saturated heterocycles. The van der Waals surface area contributed by atoms with Crippen molar-refractivity contribution in [3.05, 3.63) is 22.2 Å². The van der Waals surface area contributed by atoms with E-state index in [0.29, 0.717) is 10.2 Å². The summed E-state index contributed by atoms with van der Waals surface area (Å²) in [6, 6.07) is 3.25. The van der Waals surface area contributed by atoms with Crippen LogP contribution in [0.3, 0.4) is 0 Å². The second-order valence-electron chi connectivity index (χ2n) is 3.51. The zero-order valence-electron chi connectivity index (χ0n) is 7.75. The van der Waals surface area contributed by atoms with Gasteiger partial charge >= 0.3 is 0 Å². The normalized spacial score (nSPS) is 17.9. The Morgan fingerprint density at radius 1 is 1.43 bits per heavy atom. The fraction of sp³-hybridized carbons (Fsp3) is 0.400. The lowest BCUT2D eigenvalue weighted by Crippen LogP contribution is -2.06. The molecule has 14 heavy (non-hydrogen) atoms. The van der Waals surface area contributed by atoms with Gasteiger partial charge in [-0.15, -0.1) is 0 Å². The summed E-state index contributed by atoms with van der Waals surface area (Å²) in [7, 11) is 1.52. The lowest BCUT2D eigenvalue weighted by Gasteiger charge is -2.15. The highest BCUT2D eigenvalue weighted by Gasteiger charge is 2.44. The van der Waals surface area contributed by atoms with Crippen molar-refractivity contribution in [3.63, 3.8) is 0 Å². The molecule has 0 bridgehead atoms. The third-order valence-electron chi connectivity index (χ3n) is 2.51. The first kappa shape index (κ1) is 9.80. The second-order valence-corrected chi connectivity index (χ2v) is 4.30. The Morgan fingerprint density at radius 3 is 2.57 bits per heavy atom. The van der Waals surface area contributed by atoms with E-state index >= 15 is 0 Å². The zero-order chi connectivity index (χ0) is 10.3. The van der Waals surface area contributed by atoms with Crippen molar-refractivity contribution in [2.75, 3.05) is 7.11 Å². The Balaban J connectivity index is 2.55. The van der Waals surface area contributed by atoms with Crippen LogP contribution in [0, 0.1) is 0 Å². The second kappa shape index (κ2) is 3.14. The summed E-state index contributed by atoms with van der Waals surface area (Å²) >= 11 is 3.23. The highest BCUT2D eigenvalue weighted by molar-refractivity contribution is 9.10. The number of phenols is 1. The molecule has 2 N–H and O–H groups in total. The molecule has 3 nitrogen and oxygen atoms in total. The molecule has 1 saturated carbocycles. The van der Waals surface area contributed by atoms with Crippen LogP contribution >= 0.6 is 15.9 Å². The number of benzene rings is 1. The molecule has 1 aromatic carbocycles. The number of hydrogen-bond donors (Lipinski definition) is 2. The minimum atomic E-state index is -0.748. The maximum absolute atomic E-state index is 9.94. The van der Waals surface area contributed by atoms with E-state index in [-0.39, 0.29) is 5.75 Å². The molecule has 2 rings (SSSR count).